The number of hydrogen-bond donors (Lipinski definition) is 2. The van der Waals surface area contributed by atoms with Crippen molar-refractivity contribution in [1.29, 1.82) is 0 Å². The van der Waals surface area contributed by atoms with E-state index in [-0.39, 0.29) is 6.04 Å². The molecule has 106 valence electrons. The van der Waals surface area contributed by atoms with Gasteiger partial charge in [-0.05, 0) is 31.0 Å². The first-order valence-corrected chi connectivity index (χ1v) is 7.05. The van der Waals surface area contributed by atoms with E-state index in [1.807, 2.05) is 30.3 Å². The number of benzene rings is 2. The van der Waals surface area contributed by atoms with Gasteiger partial charge in [0.1, 0.15) is 5.82 Å². The molecular formula is C17H18N4. The summed E-state index contributed by atoms with van der Waals surface area (Å²) in [4.78, 5) is 8.59. The lowest BCUT2D eigenvalue weighted by atomic mass is 10.1. The molecular weight excluding hydrogens is 260 g/mol. The Kier molecular flexibility index (Phi) is 3.69. The van der Waals surface area contributed by atoms with E-state index >= 15 is 0 Å². The Morgan fingerprint density at radius 1 is 1.00 bits per heavy atom. The van der Waals surface area contributed by atoms with Gasteiger partial charge in [0.2, 0.25) is 5.95 Å². The fraction of sp³-hybridized carbons (Fsp3) is 0.176. The Bertz CT molecular complexity index is 740. The quantitative estimate of drug-likeness (QED) is 0.769. The predicted molar refractivity (Wildman–Crippen MR) is 87.2 cm³/mol. The first-order valence-electron chi connectivity index (χ1n) is 7.05. The molecule has 0 aliphatic carbocycles. The summed E-state index contributed by atoms with van der Waals surface area (Å²) in [6.07, 6.45) is 0.930. The van der Waals surface area contributed by atoms with Crippen molar-refractivity contribution in [3.63, 3.8) is 0 Å². The predicted octanol–water partition coefficient (Wildman–Crippen LogP) is 3.26. The lowest BCUT2D eigenvalue weighted by molar-refractivity contribution is 0.786. The smallest absolute Gasteiger partial charge is 0.222 e. The van der Waals surface area contributed by atoms with Gasteiger partial charge in [0.05, 0.1) is 5.52 Å². The van der Waals surface area contributed by atoms with Crippen molar-refractivity contribution in [2.75, 3.05) is 11.1 Å². The number of fused-ring (bicyclic) bond motifs is 1. The van der Waals surface area contributed by atoms with Crippen LogP contribution in [0.3, 0.4) is 0 Å². The van der Waals surface area contributed by atoms with Crippen molar-refractivity contribution in [2.45, 2.75) is 19.4 Å². The van der Waals surface area contributed by atoms with Crippen LogP contribution in [0.25, 0.3) is 10.9 Å². The van der Waals surface area contributed by atoms with Crippen LogP contribution in [-0.2, 0) is 6.42 Å². The summed E-state index contributed by atoms with van der Waals surface area (Å²) in [5.74, 6) is 1.09. The van der Waals surface area contributed by atoms with Crippen molar-refractivity contribution in [1.82, 2.24) is 9.97 Å². The molecule has 0 aliphatic heterocycles. The zero-order chi connectivity index (χ0) is 14.7. The van der Waals surface area contributed by atoms with Crippen LogP contribution in [0.2, 0.25) is 0 Å². The summed E-state index contributed by atoms with van der Waals surface area (Å²) < 4.78 is 0. The number of rotatable bonds is 4. The maximum atomic E-state index is 5.79. The van der Waals surface area contributed by atoms with Crippen molar-refractivity contribution in [3.05, 3.63) is 60.2 Å². The first kappa shape index (κ1) is 13.4. The highest BCUT2D eigenvalue weighted by atomic mass is 15.1. The van der Waals surface area contributed by atoms with Gasteiger partial charge in [0.15, 0.2) is 0 Å². The molecule has 1 unspecified atom stereocenters. The molecule has 3 N–H and O–H groups in total. The summed E-state index contributed by atoms with van der Waals surface area (Å²) in [6, 6.07) is 18.5. The number of hydrogen-bond acceptors (Lipinski definition) is 4. The van der Waals surface area contributed by atoms with E-state index in [2.05, 4.69) is 46.5 Å². The van der Waals surface area contributed by atoms with Gasteiger partial charge in [-0.2, -0.15) is 4.98 Å². The Balaban J connectivity index is 1.84. The summed E-state index contributed by atoms with van der Waals surface area (Å²) in [7, 11) is 0. The van der Waals surface area contributed by atoms with Gasteiger partial charge in [0.25, 0.3) is 0 Å². The molecule has 3 rings (SSSR count). The maximum absolute atomic E-state index is 5.79. The molecule has 1 atom stereocenters. The SMILES string of the molecule is CC(Cc1ccccc1)Nc1nc(N)nc2ccccc12. The molecule has 21 heavy (non-hydrogen) atoms. The van der Waals surface area contributed by atoms with Crippen LogP contribution >= 0.6 is 0 Å². The third-order valence-corrected chi connectivity index (χ3v) is 3.39. The van der Waals surface area contributed by atoms with Gasteiger partial charge >= 0.3 is 0 Å². The van der Waals surface area contributed by atoms with E-state index in [9.17, 15) is 0 Å². The highest BCUT2D eigenvalue weighted by Crippen LogP contribution is 2.21. The van der Waals surface area contributed by atoms with Gasteiger partial charge in [-0.1, -0.05) is 42.5 Å². The Labute approximate surface area is 124 Å². The van der Waals surface area contributed by atoms with Crippen molar-refractivity contribution in [2.24, 2.45) is 0 Å². The van der Waals surface area contributed by atoms with Gasteiger partial charge in [-0.15, -0.1) is 0 Å². The summed E-state index contributed by atoms with van der Waals surface area (Å²) in [5.41, 5.74) is 7.95. The van der Waals surface area contributed by atoms with E-state index < -0.39 is 0 Å². The molecule has 1 aromatic heterocycles. The number of aromatic nitrogens is 2. The summed E-state index contributed by atoms with van der Waals surface area (Å²) in [6.45, 7) is 2.14. The Morgan fingerprint density at radius 2 is 1.71 bits per heavy atom. The molecule has 4 nitrogen and oxygen atoms in total. The normalized spacial score (nSPS) is 12.2. The molecule has 1 heterocycles. The largest absolute Gasteiger partial charge is 0.368 e. The van der Waals surface area contributed by atoms with Crippen LogP contribution in [0.15, 0.2) is 54.6 Å². The monoisotopic (exact) mass is 278 g/mol. The standard InChI is InChI=1S/C17H18N4/c1-12(11-13-7-3-2-4-8-13)19-16-14-9-5-6-10-15(14)20-17(18)21-16/h2-10,12H,11H2,1H3,(H3,18,19,20,21). The van der Waals surface area contributed by atoms with Crippen LogP contribution in [-0.4, -0.2) is 16.0 Å². The molecule has 0 saturated heterocycles. The van der Waals surface area contributed by atoms with E-state index in [0.29, 0.717) is 5.95 Å². The van der Waals surface area contributed by atoms with Gasteiger partial charge in [-0.25, -0.2) is 4.98 Å². The number of nitrogens with one attached hydrogen (secondary N) is 1. The summed E-state index contributed by atoms with van der Waals surface area (Å²) in [5, 5.41) is 4.44. The second-order valence-electron chi connectivity index (χ2n) is 5.18. The van der Waals surface area contributed by atoms with Crippen LogP contribution in [0, 0.1) is 0 Å². The summed E-state index contributed by atoms with van der Waals surface area (Å²) >= 11 is 0. The topological polar surface area (TPSA) is 63.8 Å². The number of para-hydroxylation sites is 1. The lowest BCUT2D eigenvalue weighted by Gasteiger charge is -2.16. The zero-order valence-electron chi connectivity index (χ0n) is 12.0. The van der Waals surface area contributed by atoms with E-state index in [0.717, 1.165) is 23.1 Å². The molecule has 0 spiro atoms. The molecule has 0 bridgehead atoms. The average molecular weight is 278 g/mol. The van der Waals surface area contributed by atoms with Crippen LogP contribution < -0.4 is 11.1 Å². The highest BCUT2D eigenvalue weighted by molar-refractivity contribution is 5.89. The van der Waals surface area contributed by atoms with Gasteiger partial charge < -0.3 is 11.1 Å². The Hall–Kier alpha value is -2.62. The molecule has 0 saturated carbocycles. The van der Waals surface area contributed by atoms with Crippen LogP contribution in [0.4, 0.5) is 11.8 Å². The third-order valence-electron chi connectivity index (χ3n) is 3.39. The molecule has 0 fully saturated rings. The number of nitrogens with zero attached hydrogens (tertiary/aromatic N) is 2. The fourth-order valence-corrected chi connectivity index (χ4v) is 2.46. The molecule has 0 aliphatic rings. The van der Waals surface area contributed by atoms with E-state index in [4.69, 9.17) is 5.73 Å². The Morgan fingerprint density at radius 3 is 2.52 bits per heavy atom. The van der Waals surface area contributed by atoms with Crippen molar-refractivity contribution >= 4 is 22.7 Å². The molecule has 3 aromatic rings. The lowest BCUT2D eigenvalue weighted by Crippen LogP contribution is -2.19. The third kappa shape index (κ3) is 3.11. The van der Waals surface area contributed by atoms with Crippen molar-refractivity contribution in [3.8, 4) is 0 Å². The minimum atomic E-state index is 0.255. The molecule has 4 heteroatoms. The number of nitrogens with two attached hydrogens (primary N) is 1. The second-order valence-corrected chi connectivity index (χ2v) is 5.18. The number of anilines is 2. The molecule has 0 radical (unpaired) electrons. The molecule has 2 aromatic carbocycles. The minimum Gasteiger partial charge on any atom is -0.368 e. The van der Waals surface area contributed by atoms with E-state index in [1.54, 1.807) is 0 Å². The average Bonchev–Trinajstić information content (AvgIpc) is 2.48. The van der Waals surface area contributed by atoms with Crippen LogP contribution in [0.5, 0.6) is 0 Å². The second kappa shape index (κ2) is 5.79. The fourth-order valence-electron chi connectivity index (χ4n) is 2.46. The first-order chi connectivity index (χ1) is 10.2. The highest BCUT2D eigenvalue weighted by Gasteiger charge is 2.09. The minimum absolute atomic E-state index is 0.255. The van der Waals surface area contributed by atoms with Gasteiger partial charge in [0, 0.05) is 11.4 Å². The van der Waals surface area contributed by atoms with Gasteiger partial charge in [-0.3, -0.25) is 0 Å². The molecule has 0 amide bonds. The maximum Gasteiger partial charge on any atom is 0.222 e. The zero-order valence-corrected chi connectivity index (χ0v) is 12.0. The number of nitrogen functional groups attached to an aromatic ring is 1. The van der Waals surface area contributed by atoms with Crippen molar-refractivity contribution < 1.29 is 0 Å². The van der Waals surface area contributed by atoms with E-state index in [1.165, 1.54) is 5.56 Å². The van der Waals surface area contributed by atoms with Crippen LogP contribution in [0.1, 0.15) is 12.5 Å².